The molecular formula is C26H35ClN4O2. The zero-order chi connectivity index (χ0) is 23.8. The number of anilines is 1. The van der Waals surface area contributed by atoms with Crippen molar-refractivity contribution in [1.29, 1.82) is 0 Å². The third-order valence-electron chi connectivity index (χ3n) is 5.85. The van der Waals surface area contributed by atoms with Crippen LogP contribution >= 0.6 is 11.6 Å². The maximum Gasteiger partial charge on any atom is 0.238 e. The van der Waals surface area contributed by atoms with Crippen molar-refractivity contribution in [3.63, 3.8) is 0 Å². The number of rotatable bonds is 9. The Morgan fingerprint density at radius 3 is 2.03 bits per heavy atom. The molecule has 178 valence electrons. The van der Waals surface area contributed by atoms with Gasteiger partial charge in [-0.3, -0.25) is 19.4 Å². The van der Waals surface area contributed by atoms with E-state index in [0.717, 1.165) is 38.2 Å². The molecule has 6 nitrogen and oxygen atoms in total. The van der Waals surface area contributed by atoms with E-state index in [9.17, 15) is 9.59 Å². The third-order valence-corrected chi connectivity index (χ3v) is 6.18. The Labute approximate surface area is 202 Å². The predicted molar refractivity (Wildman–Crippen MR) is 135 cm³/mol. The molecular weight excluding hydrogens is 436 g/mol. The van der Waals surface area contributed by atoms with Gasteiger partial charge in [0.25, 0.3) is 0 Å². The first-order valence-corrected chi connectivity index (χ1v) is 12.0. The summed E-state index contributed by atoms with van der Waals surface area (Å²) in [6, 6.07) is 15.7. The van der Waals surface area contributed by atoms with Crippen LogP contribution in [0.15, 0.2) is 48.5 Å². The van der Waals surface area contributed by atoms with E-state index >= 15 is 0 Å². The van der Waals surface area contributed by atoms with Gasteiger partial charge in [-0.05, 0) is 42.5 Å². The van der Waals surface area contributed by atoms with E-state index < -0.39 is 0 Å². The average Bonchev–Trinajstić information content (AvgIpc) is 2.76. The molecule has 1 aliphatic rings. The van der Waals surface area contributed by atoms with E-state index in [1.54, 1.807) is 12.1 Å². The second kappa shape index (κ2) is 12.2. The average molecular weight is 471 g/mol. The van der Waals surface area contributed by atoms with Gasteiger partial charge in [0.15, 0.2) is 0 Å². The molecule has 2 aromatic carbocycles. The summed E-state index contributed by atoms with van der Waals surface area (Å²) in [5.41, 5.74) is 3.07. The van der Waals surface area contributed by atoms with Crippen molar-refractivity contribution in [2.24, 2.45) is 5.92 Å². The Balaban J connectivity index is 1.38. The van der Waals surface area contributed by atoms with Gasteiger partial charge in [0.05, 0.1) is 29.8 Å². The lowest BCUT2D eigenvalue weighted by Crippen LogP contribution is -2.51. The van der Waals surface area contributed by atoms with Gasteiger partial charge in [0.1, 0.15) is 0 Å². The van der Waals surface area contributed by atoms with Gasteiger partial charge < -0.3 is 10.6 Å². The third kappa shape index (κ3) is 8.14. The molecule has 1 aliphatic heterocycles. The minimum atomic E-state index is -0.0810. The van der Waals surface area contributed by atoms with Crippen LogP contribution in [-0.2, 0) is 16.0 Å². The molecule has 1 unspecified atom stereocenters. The highest BCUT2D eigenvalue weighted by atomic mass is 35.5. The number of halogens is 1. The van der Waals surface area contributed by atoms with E-state index in [2.05, 4.69) is 58.5 Å². The van der Waals surface area contributed by atoms with Crippen LogP contribution in [0.4, 0.5) is 5.69 Å². The van der Waals surface area contributed by atoms with E-state index in [0.29, 0.717) is 29.7 Å². The summed E-state index contributed by atoms with van der Waals surface area (Å²) >= 11 is 6.11. The lowest BCUT2D eigenvalue weighted by Gasteiger charge is -2.34. The number of hydrogen-bond donors (Lipinski definition) is 2. The number of carbonyl (C=O) groups is 2. The zero-order valence-corrected chi connectivity index (χ0v) is 20.6. The number of hydrogen-bond acceptors (Lipinski definition) is 4. The highest BCUT2D eigenvalue weighted by molar-refractivity contribution is 6.33. The molecule has 1 fully saturated rings. The van der Waals surface area contributed by atoms with Crippen molar-refractivity contribution < 1.29 is 9.59 Å². The molecule has 0 aromatic heterocycles. The Morgan fingerprint density at radius 1 is 0.879 bits per heavy atom. The van der Waals surface area contributed by atoms with Gasteiger partial charge in [-0.2, -0.15) is 0 Å². The number of benzene rings is 2. The molecule has 0 aliphatic carbocycles. The summed E-state index contributed by atoms with van der Waals surface area (Å²) in [5.74, 6) is 0.575. The number of amides is 2. The van der Waals surface area contributed by atoms with Gasteiger partial charge >= 0.3 is 0 Å². The Morgan fingerprint density at radius 2 is 1.45 bits per heavy atom. The van der Waals surface area contributed by atoms with E-state index in [1.165, 1.54) is 5.56 Å². The number of carbonyl (C=O) groups excluding carboxylic acids is 2. The Kier molecular flexibility index (Phi) is 9.30. The number of nitrogens with zero attached hydrogens (tertiary/aromatic N) is 2. The number of para-hydroxylation sites is 1. The van der Waals surface area contributed by atoms with Crippen LogP contribution in [0.2, 0.25) is 5.02 Å². The summed E-state index contributed by atoms with van der Waals surface area (Å²) in [7, 11) is 0. The second-order valence-corrected chi connectivity index (χ2v) is 9.62. The monoisotopic (exact) mass is 470 g/mol. The molecule has 2 N–H and O–H groups in total. The van der Waals surface area contributed by atoms with E-state index in [-0.39, 0.29) is 17.9 Å². The lowest BCUT2D eigenvalue weighted by atomic mass is 10.00. The highest BCUT2D eigenvalue weighted by Crippen LogP contribution is 2.20. The lowest BCUT2D eigenvalue weighted by molar-refractivity contribution is -0.124. The van der Waals surface area contributed by atoms with Crippen molar-refractivity contribution in [1.82, 2.24) is 15.1 Å². The fourth-order valence-corrected chi connectivity index (χ4v) is 4.23. The maximum absolute atomic E-state index is 12.6. The van der Waals surface area contributed by atoms with Gasteiger partial charge in [0.2, 0.25) is 11.8 Å². The van der Waals surface area contributed by atoms with Gasteiger partial charge in [-0.1, -0.05) is 61.8 Å². The van der Waals surface area contributed by atoms with Crippen molar-refractivity contribution >= 4 is 29.1 Å². The summed E-state index contributed by atoms with van der Waals surface area (Å²) in [6.45, 7) is 10.1. The van der Waals surface area contributed by atoms with Crippen LogP contribution in [0.3, 0.4) is 0 Å². The van der Waals surface area contributed by atoms with Gasteiger partial charge in [-0.25, -0.2) is 0 Å². The second-order valence-electron chi connectivity index (χ2n) is 9.21. The standard InChI is InChI=1S/C26H35ClN4O2/c1-19(2)16-21-8-10-22(11-9-21)20(3)28-25(32)17-30-12-14-31(15-13-30)18-26(33)29-24-7-5-4-6-23(24)27/h4-11,19-20H,12-18H2,1-3H3,(H,28,32)(H,29,33). The quantitative estimate of drug-likeness (QED) is 0.582. The molecule has 1 saturated heterocycles. The van der Waals surface area contributed by atoms with Crippen LogP contribution in [0, 0.1) is 5.92 Å². The van der Waals surface area contributed by atoms with E-state index in [1.807, 2.05) is 19.1 Å². The molecule has 2 aromatic rings. The summed E-state index contributed by atoms with van der Waals surface area (Å²) < 4.78 is 0. The number of piperazine rings is 1. The van der Waals surface area contributed by atoms with Crippen molar-refractivity contribution in [3.05, 3.63) is 64.7 Å². The fraction of sp³-hybridized carbons (Fsp3) is 0.462. The molecule has 0 bridgehead atoms. The SMILES string of the molecule is CC(C)Cc1ccc(C(C)NC(=O)CN2CCN(CC(=O)Nc3ccccc3Cl)CC2)cc1. The highest BCUT2D eigenvalue weighted by Gasteiger charge is 2.21. The molecule has 0 spiro atoms. The van der Waals surface area contributed by atoms with Crippen molar-refractivity contribution in [3.8, 4) is 0 Å². The van der Waals surface area contributed by atoms with Crippen molar-refractivity contribution in [2.45, 2.75) is 33.2 Å². The Hall–Kier alpha value is -2.41. The molecule has 2 amide bonds. The van der Waals surface area contributed by atoms with E-state index in [4.69, 9.17) is 11.6 Å². The van der Waals surface area contributed by atoms with Gasteiger partial charge in [0, 0.05) is 26.2 Å². The topological polar surface area (TPSA) is 64.7 Å². The molecule has 0 saturated carbocycles. The summed E-state index contributed by atoms with van der Waals surface area (Å²) in [5, 5.41) is 6.50. The summed E-state index contributed by atoms with van der Waals surface area (Å²) in [6.07, 6.45) is 1.06. The molecule has 1 heterocycles. The van der Waals surface area contributed by atoms with Crippen LogP contribution in [0.25, 0.3) is 0 Å². The smallest absolute Gasteiger partial charge is 0.238 e. The predicted octanol–water partition coefficient (Wildman–Crippen LogP) is 3.97. The van der Waals surface area contributed by atoms with Crippen LogP contribution < -0.4 is 10.6 Å². The molecule has 1 atom stereocenters. The summed E-state index contributed by atoms with van der Waals surface area (Å²) in [4.78, 5) is 29.1. The number of nitrogens with one attached hydrogen (secondary N) is 2. The molecule has 0 radical (unpaired) electrons. The molecule has 7 heteroatoms. The first kappa shape index (κ1) is 25.2. The zero-order valence-electron chi connectivity index (χ0n) is 19.8. The fourth-order valence-electron chi connectivity index (χ4n) is 4.05. The van der Waals surface area contributed by atoms with Crippen LogP contribution in [-0.4, -0.2) is 60.9 Å². The van der Waals surface area contributed by atoms with Crippen molar-refractivity contribution in [2.75, 3.05) is 44.6 Å². The maximum atomic E-state index is 12.6. The Bertz CT molecular complexity index is 924. The largest absolute Gasteiger partial charge is 0.348 e. The normalized spacial score (nSPS) is 15.9. The molecule has 33 heavy (non-hydrogen) atoms. The minimum absolute atomic E-state index is 0.0265. The van der Waals surface area contributed by atoms with Crippen LogP contribution in [0.1, 0.15) is 37.9 Å². The first-order valence-electron chi connectivity index (χ1n) is 11.7. The van der Waals surface area contributed by atoms with Gasteiger partial charge in [-0.15, -0.1) is 0 Å². The first-order chi connectivity index (χ1) is 15.8. The van der Waals surface area contributed by atoms with Crippen LogP contribution in [0.5, 0.6) is 0 Å². The molecule has 3 rings (SSSR count). The minimum Gasteiger partial charge on any atom is -0.348 e.